The molecule has 0 aromatic carbocycles. The second-order valence-corrected chi connectivity index (χ2v) is 17.6. The lowest BCUT2D eigenvalue weighted by atomic mass is 10.1. The van der Waals surface area contributed by atoms with Gasteiger partial charge in [0, 0.05) is 17.3 Å². The van der Waals surface area contributed by atoms with Crippen LogP contribution in [-0.2, 0) is 24.9 Å². The molecule has 0 aliphatic rings. The van der Waals surface area contributed by atoms with Crippen molar-refractivity contribution in [2.24, 2.45) is 0 Å². The van der Waals surface area contributed by atoms with Crippen LogP contribution in [0, 0.1) is 0 Å². The molecular weight excluding hydrogens is 630 g/mol. The molecule has 0 amide bonds. The Labute approximate surface area is 269 Å². The molecule has 0 radical (unpaired) electrons. The third-order valence-electron chi connectivity index (χ3n) is 6.59. The van der Waals surface area contributed by atoms with E-state index in [9.17, 15) is 4.57 Å². The van der Waals surface area contributed by atoms with Gasteiger partial charge in [-0.05, 0) is 19.6 Å². The minimum absolute atomic E-state index is 0.0987. The molecule has 2 N–H and O–H groups in total. The fourth-order valence-electron chi connectivity index (χ4n) is 4.32. The molecule has 0 saturated heterocycles. The molecular formula is C28H52N5O4PS4. The summed E-state index contributed by atoms with van der Waals surface area (Å²) in [7, 11) is 3.58. The lowest BCUT2D eigenvalue weighted by Gasteiger charge is -2.21. The summed E-state index contributed by atoms with van der Waals surface area (Å²) in [5.74, 6) is 2.97. The fourth-order valence-corrected chi connectivity index (χ4v) is 8.96. The van der Waals surface area contributed by atoms with Crippen molar-refractivity contribution in [3.63, 3.8) is 0 Å². The molecule has 42 heavy (non-hydrogen) atoms. The van der Waals surface area contributed by atoms with Gasteiger partial charge in [-0.15, -0.1) is 0 Å². The number of imidazole rings is 1. The Balaban J connectivity index is 1.58. The maximum atomic E-state index is 13.4. The summed E-state index contributed by atoms with van der Waals surface area (Å²) >= 11 is 0. The monoisotopic (exact) mass is 681 g/mol. The average molecular weight is 682 g/mol. The highest BCUT2D eigenvalue weighted by Crippen LogP contribution is 2.49. The normalized spacial score (nSPS) is 14.0. The quantitative estimate of drug-likeness (QED) is 0.0525. The van der Waals surface area contributed by atoms with E-state index in [1.807, 2.05) is 28.5 Å². The molecule has 0 aliphatic carbocycles. The van der Waals surface area contributed by atoms with Gasteiger partial charge in [0.2, 0.25) is 0 Å². The number of ether oxygens (including phenoxy) is 1. The van der Waals surface area contributed by atoms with Gasteiger partial charge in [-0.2, -0.15) is 0 Å². The van der Waals surface area contributed by atoms with Crippen LogP contribution in [0.2, 0.25) is 0 Å². The van der Waals surface area contributed by atoms with Gasteiger partial charge in [0.05, 0.1) is 32.2 Å². The van der Waals surface area contributed by atoms with Crippen LogP contribution < -0.4 is 5.73 Å². The van der Waals surface area contributed by atoms with E-state index in [0.29, 0.717) is 36.7 Å². The van der Waals surface area contributed by atoms with Gasteiger partial charge in [0.1, 0.15) is 18.2 Å². The molecule has 2 aromatic heterocycles. The van der Waals surface area contributed by atoms with Crippen molar-refractivity contribution in [1.82, 2.24) is 19.5 Å². The van der Waals surface area contributed by atoms with Gasteiger partial charge in [-0.25, -0.2) is 15.0 Å². The van der Waals surface area contributed by atoms with Crippen LogP contribution in [0.15, 0.2) is 12.7 Å². The van der Waals surface area contributed by atoms with E-state index in [-0.39, 0.29) is 12.5 Å². The Kier molecular flexibility index (Phi) is 21.9. The molecule has 0 bridgehead atoms. The van der Waals surface area contributed by atoms with E-state index in [1.165, 1.54) is 83.4 Å². The Morgan fingerprint density at radius 3 is 2.10 bits per heavy atom. The van der Waals surface area contributed by atoms with Crippen LogP contribution in [0.1, 0.15) is 90.9 Å². The predicted molar refractivity (Wildman–Crippen MR) is 187 cm³/mol. The summed E-state index contributed by atoms with van der Waals surface area (Å²) < 4.78 is 32.8. The van der Waals surface area contributed by atoms with Crippen LogP contribution >= 0.6 is 50.8 Å². The van der Waals surface area contributed by atoms with Gasteiger partial charge in [0.25, 0.3) is 0 Å². The van der Waals surface area contributed by atoms with Crippen molar-refractivity contribution in [2.75, 3.05) is 48.8 Å². The molecule has 2 heterocycles. The first kappa shape index (κ1) is 38.0. The minimum atomic E-state index is -3.39. The number of rotatable bonds is 28. The van der Waals surface area contributed by atoms with Gasteiger partial charge in [0.15, 0.2) is 11.5 Å². The number of unbranched alkanes of at least 4 members (excludes halogenated alkanes) is 11. The van der Waals surface area contributed by atoms with E-state index in [0.717, 1.165) is 17.3 Å². The molecule has 2 rings (SSSR count). The number of aromatic nitrogens is 4. The van der Waals surface area contributed by atoms with Crippen molar-refractivity contribution in [3.05, 3.63) is 12.7 Å². The summed E-state index contributed by atoms with van der Waals surface area (Å²) in [6, 6.07) is 0. The lowest BCUT2D eigenvalue weighted by Crippen LogP contribution is -2.18. The Hall–Kier alpha value is -0.140. The summed E-state index contributed by atoms with van der Waals surface area (Å²) in [5, 5.41) is 0. The molecule has 9 nitrogen and oxygen atoms in total. The SMILES string of the molecule is CCCCCCCCCCCCCCSSCCOP(=O)(CO[C@H](C)Cn1cnc2c(N)ncnc21)OCCSSC. The Bertz CT molecular complexity index is 1010. The number of anilines is 1. The minimum Gasteiger partial charge on any atom is -0.382 e. The highest BCUT2D eigenvalue weighted by molar-refractivity contribution is 8.76. The van der Waals surface area contributed by atoms with E-state index in [2.05, 4.69) is 21.9 Å². The second-order valence-electron chi connectivity index (χ2n) is 10.2. The molecule has 0 aliphatic heterocycles. The van der Waals surface area contributed by atoms with Crippen LogP contribution in [-0.4, -0.2) is 68.7 Å². The maximum absolute atomic E-state index is 13.4. The Morgan fingerprint density at radius 2 is 1.45 bits per heavy atom. The zero-order valence-corrected chi connectivity index (χ0v) is 29.9. The van der Waals surface area contributed by atoms with Crippen LogP contribution in [0.4, 0.5) is 5.82 Å². The summed E-state index contributed by atoms with van der Waals surface area (Å²) in [6.45, 7) is 5.37. The largest absolute Gasteiger partial charge is 0.382 e. The van der Waals surface area contributed by atoms with Crippen molar-refractivity contribution in [3.8, 4) is 0 Å². The van der Waals surface area contributed by atoms with Crippen LogP contribution in [0.3, 0.4) is 0 Å². The van der Waals surface area contributed by atoms with Crippen LogP contribution in [0.25, 0.3) is 11.2 Å². The maximum Gasteiger partial charge on any atom is 0.356 e. The van der Waals surface area contributed by atoms with Crippen molar-refractivity contribution < 1.29 is 18.3 Å². The zero-order valence-electron chi connectivity index (χ0n) is 25.7. The summed E-state index contributed by atoms with van der Waals surface area (Å²) in [4.78, 5) is 12.5. The first-order chi connectivity index (χ1) is 20.5. The summed E-state index contributed by atoms with van der Waals surface area (Å²) in [6.07, 6.45) is 21.2. The topological polar surface area (TPSA) is 114 Å². The molecule has 2 atom stereocenters. The molecule has 0 spiro atoms. The smallest absolute Gasteiger partial charge is 0.356 e. The van der Waals surface area contributed by atoms with Gasteiger partial charge in [-0.1, -0.05) is 121 Å². The number of nitrogens with two attached hydrogens (primary N) is 1. The average Bonchev–Trinajstić information content (AvgIpc) is 3.40. The van der Waals surface area contributed by atoms with E-state index in [4.69, 9.17) is 19.5 Å². The highest BCUT2D eigenvalue weighted by Gasteiger charge is 2.26. The lowest BCUT2D eigenvalue weighted by molar-refractivity contribution is 0.0675. The second kappa shape index (κ2) is 24.1. The zero-order chi connectivity index (χ0) is 30.3. The molecule has 0 saturated carbocycles. The highest BCUT2D eigenvalue weighted by atomic mass is 33.1. The molecule has 242 valence electrons. The Morgan fingerprint density at radius 1 is 0.857 bits per heavy atom. The van der Waals surface area contributed by atoms with E-state index >= 15 is 0 Å². The number of hydrogen-bond donors (Lipinski definition) is 1. The first-order valence-electron chi connectivity index (χ1n) is 15.3. The molecule has 0 fully saturated rings. The fraction of sp³-hybridized carbons (Fsp3) is 0.821. The van der Waals surface area contributed by atoms with Gasteiger partial charge >= 0.3 is 7.60 Å². The third-order valence-corrected chi connectivity index (χ3v) is 12.4. The number of nitrogen functional groups attached to an aromatic ring is 1. The first-order valence-corrected chi connectivity index (χ1v) is 22.2. The number of fused-ring (bicyclic) bond motifs is 1. The van der Waals surface area contributed by atoms with Gasteiger partial charge < -0.3 is 24.1 Å². The van der Waals surface area contributed by atoms with Crippen molar-refractivity contribution in [1.29, 1.82) is 0 Å². The molecule has 14 heteroatoms. The number of nitrogens with zero attached hydrogens (tertiary/aromatic N) is 4. The molecule has 1 unspecified atom stereocenters. The van der Waals surface area contributed by atoms with Gasteiger partial charge in [-0.3, -0.25) is 4.57 Å². The predicted octanol–water partition coefficient (Wildman–Crippen LogP) is 9.09. The summed E-state index contributed by atoms with van der Waals surface area (Å²) in [5.41, 5.74) is 7.08. The van der Waals surface area contributed by atoms with Crippen LogP contribution in [0.5, 0.6) is 0 Å². The van der Waals surface area contributed by atoms with Crippen molar-refractivity contribution >= 4 is 67.8 Å². The van der Waals surface area contributed by atoms with E-state index < -0.39 is 7.60 Å². The van der Waals surface area contributed by atoms with Crippen molar-refractivity contribution in [2.45, 2.75) is 104 Å². The number of hydrogen-bond acceptors (Lipinski definition) is 12. The van der Waals surface area contributed by atoms with E-state index in [1.54, 1.807) is 38.7 Å². The molecule has 2 aromatic rings. The third kappa shape index (κ3) is 16.8. The standard InChI is InChI=1S/C28H52N5O4PS4/c1-4-5-6-7-8-9-10-11-12-13-14-15-18-41-42-20-17-37-38(34,36-16-19-40-39-3)24-35-25(2)21-33-23-32-26-27(29)30-22-31-28(26)33/h22-23,25H,4-21,24H2,1-3H3,(H2,29,30,31)/t25-,38?/m1/s1.